The Bertz CT molecular complexity index is 658. The molecule has 0 spiro atoms. The number of nitrogens with one attached hydrogen (secondary N) is 1. The van der Waals surface area contributed by atoms with Gasteiger partial charge in [0.25, 0.3) is 0 Å². The summed E-state index contributed by atoms with van der Waals surface area (Å²) in [6, 6.07) is 6.65. The number of pyridine rings is 1. The molecule has 4 nitrogen and oxygen atoms in total. The number of fused-ring (bicyclic) bond motifs is 1. The monoisotopic (exact) mass is 259 g/mol. The number of carbonyl (C=O) groups is 1. The number of Topliss-reactive ketones (excluding diaryl/α,β-unsaturated/α-hetero) is 1. The first-order valence-corrected chi connectivity index (χ1v) is 6.48. The van der Waals surface area contributed by atoms with Gasteiger partial charge in [-0.25, -0.2) is 0 Å². The molecule has 0 aliphatic heterocycles. The molecule has 4 heteroatoms. The molecule has 0 saturated carbocycles. The maximum absolute atomic E-state index is 11.8. The Morgan fingerprint density at radius 3 is 2.74 bits per heavy atom. The molecular weight excluding hydrogens is 242 g/mol. The Hall–Kier alpha value is -2.10. The van der Waals surface area contributed by atoms with Crippen LogP contribution in [0.25, 0.3) is 10.9 Å². The van der Waals surface area contributed by atoms with Crippen molar-refractivity contribution >= 4 is 16.7 Å². The van der Waals surface area contributed by atoms with E-state index in [1.54, 1.807) is 18.2 Å². The van der Waals surface area contributed by atoms with Crippen LogP contribution in [0.1, 0.15) is 37.0 Å². The minimum absolute atomic E-state index is 0.0643. The molecule has 1 N–H and O–H groups in total. The van der Waals surface area contributed by atoms with E-state index in [0.29, 0.717) is 29.9 Å². The topological polar surface area (TPSA) is 59.2 Å². The van der Waals surface area contributed by atoms with E-state index in [0.717, 1.165) is 11.8 Å². The maximum Gasteiger partial charge on any atom is 0.248 e. The molecule has 0 amide bonds. The molecule has 1 aromatic heterocycles. The average Bonchev–Trinajstić information content (AvgIpc) is 2.43. The van der Waals surface area contributed by atoms with Gasteiger partial charge in [-0.15, -0.1) is 0 Å². The number of H-pyrrole nitrogens is 1. The van der Waals surface area contributed by atoms with Crippen molar-refractivity contribution in [3.63, 3.8) is 0 Å². The van der Waals surface area contributed by atoms with E-state index in [2.05, 4.69) is 4.98 Å². The zero-order valence-electron chi connectivity index (χ0n) is 11.2. The molecule has 0 saturated heterocycles. The van der Waals surface area contributed by atoms with Gasteiger partial charge in [0.05, 0.1) is 12.1 Å². The number of ketones is 1. The minimum Gasteiger partial charge on any atom is -0.491 e. The summed E-state index contributed by atoms with van der Waals surface area (Å²) in [6.07, 6.45) is 1.31. The molecule has 2 rings (SSSR count). The third-order valence-electron chi connectivity index (χ3n) is 2.90. The van der Waals surface area contributed by atoms with Crippen LogP contribution in [0.4, 0.5) is 0 Å². The van der Waals surface area contributed by atoms with E-state index in [-0.39, 0.29) is 11.3 Å². The van der Waals surface area contributed by atoms with Crippen molar-refractivity contribution in [1.29, 1.82) is 0 Å². The first kappa shape index (κ1) is 13.3. The summed E-state index contributed by atoms with van der Waals surface area (Å²) in [6.45, 7) is 4.38. The van der Waals surface area contributed by atoms with Crippen LogP contribution in [-0.4, -0.2) is 17.4 Å². The molecule has 0 aliphatic carbocycles. The Labute approximate surface area is 111 Å². The van der Waals surface area contributed by atoms with Crippen molar-refractivity contribution in [2.45, 2.75) is 26.7 Å². The van der Waals surface area contributed by atoms with Crippen molar-refractivity contribution < 1.29 is 9.53 Å². The number of rotatable bonds is 5. The molecule has 19 heavy (non-hydrogen) atoms. The fourth-order valence-electron chi connectivity index (χ4n) is 1.92. The van der Waals surface area contributed by atoms with Gasteiger partial charge in [-0.2, -0.15) is 0 Å². The Morgan fingerprint density at radius 2 is 2.05 bits per heavy atom. The lowest BCUT2D eigenvalue weighted by atomic mass is 10.1. The number of aromatic amines is 1. The van der Waals surface area contributed by atoms with Crippen LogP contribution in [-0.2, 0) is 0 Å². The van der Waals surface area contributed by atoms with Gasteiger partial charge in [0, 0.05) is 23.4 Å². The van der Waals surface area contributed by atoms with Crippen molar-refractivity contribution in [3.05, 3.63) is 40.2 Å². The molecule has 1 heterocycles. The van der Waals surface area contributed by atoms with Gasteiger partial charge in [-0.3, -0.25) is 9.59 Å². The highest BCUT2D eigenvalue weighted by atomic mass is 16.5. The number of hydrogen-bond donors (Lipinski definition) is 1. The molecule has 100 valence electrons. The summed E-state index contributed by atoms with van der Waals surface area (Å²) in [4.78, 5) is 26.0. The summed E-state index contributed by atoms with van der Waals surface area (Å²) in [7, 11) is 0. The lowest BCUT2D eigenvalue weighted by molar-refractivity contribution is 0.0988. The Kier molecular flexibility index (Phi) is 4.00. The van der Waals surface area contributed by atoms with Crippen LogP contribution in [0, 0.1) is 0 Å². The van der Waals surface area contributed by atoms with Gasteiger partial charge >= 0.3 is 0 Å². The van der Waals surface area contributed by atoms with Crippen LogP contribution in [0.2, 0.25) is 0 Å². The highest BCUT2D eigenvalue weighted by molar-refractivity contribution is 6.00. The van der Waals surface area contributed by atoms with Crippen LogP contribution in [0.3, 0.4) is 0 Å². The van der Waals surface area contributed by atoms with Gasteiger partial charge in [-0.1, -0.05) is 13.8 Å². The highest BCUT2D eigenvalue weighted by Gasteiger charge is 2.10. The molecule has 0 fully saturated rings. The quantitative estimate of drug-likeness (QED) is 0.840. The predicted octanol–water partition coefficient (Wildman–Crippen LogP) is 2.91. The van der Waals surface area contributed by atoms with Gasteiger partial charge in [0.1, 0.15) is 5.75 Å². The van der Waals surface area contributed by atoms with Gasteiger partial charge in [0.15, 0.2) is 5.78 Å². The normalized spacial score (nSPS) is 10.6. The highest BCUT2D eigenvalue weighted by Crippen LogP contribution is 2.25. The molecule has 0 radical (unpaired) electrons. The van der Waals surface area contributed by atoms with E-state index in [1.807, 2.05) is 13.8 Å². The molecule has 0 aliphatic rings. The van der Waals surface area contributed by atoms with E-state index >= 15 is 0 Å². The van der Waals surface area contributed by atoms with Gasteiger partial charge in [-0.05, 0) is 24.6 Å². The van der Waals surface area contributed by atoms with E-state index < -0.39 is 0 Å². The van der Waals surface area contributed by atoms with E-state index in [9.17, 15) is 9.59 Å². The zero-order chi connectivity index (χ0) is 13.8. The zero-order valence-corrected chi connectivity index (χ0v) is 11.2. The van der Waals surface area contributed by atoms with Crippen LogP contribution in [0.15, 0.2) is 29.1 Å². The standard InChI is InChI=1S/C15H17NO3/c1-3-7-19-13-9-11(12(17)4-2)8-10-5-6-14(18)16-15(10)13/h5-6,8-9H,3-4,7H2,1-2H3,(H,16,18). The lowest BCUT2D eigenvalue weighted by Crippen LogP contribution is -2.06. The van der Waals surface area contributed by atoms with Crippen LogP contribution >= 0.6 is 0 Å². The summed E-state index contributed by atoms with van der Waals surface area (Å²) in [5.41, 5.74) is 1.09. The molecule has 0 atom stereocenters. The van der Waals surface area contributed by atoms with Crippen molar-refractivity contribution in [3.8, 4) is 5.75 Å². The third kappa shape index (κ3) is 2.84. The van der Waals surface area contributed by atoms with Gasteiger partial charge in [0.2, 0.25) is 5.56 Å². The van der Waals surface area contributed by atoms with Crippen molar-refractivity contribution in [2.24, 2.45) is 0 Å². The SMILES string of the molecule is CCCOc1cc(C(=O)CC)cc2ccc(=O)[nH]c12. The number of ether oxygens (including phenoxy) is 1. The molecule has 2 aromatic rings. The van der Waals surface area contributed by atoms with E-state index in [4.69, 9.17) is 4.74 Å². The predicted molar refractivity (Wildman–Crippen MR) is 75.0 cm³/mol. The summed E-state index contributed by atoms with van der Waals surface area (Å²) in [5, 5.41) is 0.810. The smallest absolute Gasteiger partial charge is 0.248 e. The first-order chi connectivity index (χ1) is 9.15. The van der Waals surface area contributed by atoms with Crippen LogP contribution < -0.4 is 10.3 Å². The van der Waals surface area contributed by atoms with E-state index in [1.165, 1.54) is 6.07 Å². The number of aromatic nitrogens is 1. The van der Waals surface area contributed by atoms with Crippen LogP contribution in [0.5, 0.6) is 5.75 Å². The van der Waals surface area contributed by atoms with Crippen molar-refractivity contribution in [2.75, 3.05) is 6.61 Å². The minimum atomic E-state index is -0.177. The average molecular weight is 259 g/mol. The largest absolute Gasteiger partial charge is 0.491 e. The van der Waals surface area contributed by atoms with Crippen molar-refractivity contribution in [1.82, 2.24) is 4.98 Å². The Balaban J connectivity index is 2.61. The number of carbonyl (C=O) groups excluding carboxylic acids is 1. The lowest BCUT2D eigenvalue weighted by Gasteiger charge is -2.10. The number of benzene rings is 1. The molecular formula is C15H17NO3. The second kappa shape index (κ2) is 5.69. The van der Waals surface area contributed by atoms with Gasteiger partial charge < -0.3 is 9.72 Å². The molecule has 0 unspecified atom stereocenters. The number of hydrogen-bond acceptors (Lipinski definition) is 3. The fourth-order valence-corrected chi connectivity index (χ4v) is 1.92. The second-order valence-electron chi connectivity index (χ2n) is 4.39. The summed E-state index contributed by atoms with van der Waals surface area (Å²) in [5.74, 6) is 0.628. The molecule has 0 bridgehead atoms. The summed E-state index contributed by atoms with van der Waals surface area (Å²) >= 11 is 0. The first-order valence-electron chi connectivity index (χ1n) is 6.48. The Morgan fingerprint density at radius 1 is 1.26 bits per heavy atom. The third-order valence-corrected chi connectivity index (χ3v) is 2.90. The maximum atomic E-state index is 11.8. The second-order valence-corrected chi connectivity index (χ2v) is 4.39. The molecule has 1 aromatic carbocycles. The summed E-state index contributed by atoms with van der Waals surface area (Å²) < 4.78 is 5.64. The fraction of sp³-hybridized carbons (Fsp3) is 0.333.